The quantitative estimate of drug-likeness (QED) is 0.482. The third kappa shape index (κ3) is 6.26. The van der Waals surface area contributed by atoms with Gasteiger partial charge in [0.1, 0.15) is 5.75 Å². The maximum atomic E-state index is 11.8. The molecule has 142 valence electrons. The predicted octanol–water partition coefficient (Wildman–Crippen LogP) is 3.30. The van der Waals surface area contributed by atoms with E-state index in [0.717, 1.165) is 5.56 Å². The largest absolute Gasteiger partial charge is 0.484 e. The van der Waals surface area contributed by atoms with Crippen LogP contribution in [0.1, 0.15) is 42.3 Å². The minimum absolute atomic E-state index is 0.0691. The molecule has 0 heterocycles. The Morgan fingerprint density at radius 3 is 2.22 bits per heavy atom. The van der Waals surface area contributed by atoms with Gasteiger partial charge >= 0.3 is 5.97 Å². The van der Waals surface area contributed by atoms with E-state index in [9.17, 15) is 9.59 Å². The molecular formula is C21H24N2O4. The molecule has 27 heavy (non-hydrogen) atoms. The molecule has 0 fully saturated rings. The van der Waals surface area contributed by atoms with Crippen LogP contribution in [-0.4, -0.2) is 31.8 Å². The normalized spacial score (nSPS) is 11.3. The van der Waals surface area contributed by atoms with Crippen molar-refractivity contribution in [2.75, 3.05) is 13.7 Å². The summed E-state index contributed by atoms with van der Waals surface area (Å²) in [4.78, 5) is 23.2. The van der Waals surface area contributed by atoms with Crippen LogP contribution in [0.15, 0.2) is 53.6 Å². The molecule has 6 nitrogen and oxygen atoms in total. The Hall–Kier alpha value is -3.15. The summed E-state index contributed by atoms with van der Waals surface area (Å²) >= 11 is 0. The van der Waals surface area contributed by atoms with E-state index in [0.29, 0.717) is 11.3 Å². The van der Waals surface area contributed by atoms with E-state index in [1.807, 2.05) is 24.3 Å². The van der Waals surface area contributed by atoms with Gasteiger partial charge in [-0.05, 0) is 40.8 Å². The van der Waals surface area contributed by atoms with Gasteiger partial charge in [0.05, 0.1) is 18.9 Å². The lowest BCUT2D eigenvalue weighted by atomic mass is 9.87. The van der Waals surface area contributed by atoms with E-state index in [-0.39, 0.29) is 17.9 Å². The SMILES string of the molecule is COC(=O)c1ccc(C=NNC(=O)COc2ccc(C(C)(C)C)cc2)cc1. The van der Waals surface area contributed by atoms with E-state index in [2.05, 4.69) is 36.0 Å². The molecular weight excluding hydrogens is 344 g/mol. The number of hydrogen-bond acceptors (Lipinski definition) is 5. The van der Waals surface area contributed by atoms with Crippen LogP contribution in [0.3, 0.4) is 0 Å². The van der Waals surface area contributed by atoms with Gasteiger partial charge in [0, 0.05) is 0 Å². The first-order valence-electron chi connectivity index (χ1n) is 8.53. The Bertz CT molecular complexity index is 804. The van der Waals surface area contributed by atoms with Gasteiger partial charge in [-0.1, -0.05) is 45.0 Å². The number of nitrogens with one attached hydrogen (secondary N) is 1. The summed E-state index contributed by atoms with van der Waals surface area (Å²) in [6.45, 7) is 6.28. The molecule has 0 unspecified atom stereocenters. The molecule has 0 saturated heterocycles. The number of hydrazone groups is 1. The number of hydrogen-bond donors (Lipinski definition) is 1. The summed E-state index contributed by atoms with van der Waals surface area (Å²) < 4.78 is 10.1. The topological polar surface area (TPSA) is 77.0 Å². The minimum atomic E-state index is -0.403. The van der Waals surface area contributed by atoms with Crippen LogP contribution in [0.25, 0.3) is 0 Å². The third-order valence-electron chi connectivity index (χ3n) is 3.82. The first-order valence-corrected chi connectivity index (χ1v) is 8.53. The molecule has 6 heteroatoms. The standard InChI is InChI=1S/C21H24N2O4/c1-21(2,3)17-9-11-18(12-10-17)27-14-19(24)23-22-13-15-5-7-16(8-6-15)20(25)26-4/h5-13H,14H2,1-4H3,(H,23,24). The van der Waals surface area contributed by atoms with Crippen molar-refractivity contribution in [2.45, 2.75) is 26.2 Å². The number of carbonyl (C=O) groups is 2. The highest BCUT2D eigenvalue weighted by Gasteiger charge is 2.13. The van der Waals surface area contributed by atoms with Gasteiger partial charge in [-0.25, -0.2) is 10.2 Å². The highest BCUT2D eigenvalue weighted by Crippen LogP contribution is 2.24. The van der Waals surface area contributed by atoms with Gasteiger partial charge in [0.25, 0.3) is 5.91 Å². The molecule has 2 rings (SSSR count). The lowest BCUT2D eigenvalue weighted by Crippen LogP contribution is -2.24. The van der Waals surface area contributed by atoms with Crippen LogP contribution in [0.5, 0.6) is 5.75 Å². The fraction of sp³-hybridized carbons (Fsp3) is 0.286. The molecule has 0 atom stereocenters. The van der Waals surface area contributed by atoms with Gasteiger partial charge in [0.15, 0.2) is 6.61 Å². The lowest BCUT2D eigenvalue weighted by Gasteiger charge is -2.19. The van der Waals surface area contributed by atoms with Crippen LogP contribution in [0.2, 0.25) is 0 Å². The molecule has 0 aliphatic rings. The first kappa shape index (κ1) is 20.2. The molecule has 1 N–H and O–H groups in total. The maximum absolute atomic E-state index is 11.8. The Balaban J connectivity index is 1.80. The second-order valence-corrected chi connectivity index (χ2v) is 6.97. The molecule has 0 radical (unpaired) electrons. The highest BCUT2D eigenvalue weighted by atomic mass is 16.5. The Labute approximate surface area is 159 Å². The fourth-order valence-corrected chi connectivity index (χ4v) is 2.23. The van der Waals surface area contributed by atoms with Crippen molar-refractivity contribution in [1.29, 1.82) is 0 Å². The van der Waals surface area contributed by atoms with E-state index < -0.39 is 5.97 Å². The van der Waals surface area contributed by atoms with Crippen molar-refractivity contribution in [2.24, 2.45) is 5.10 Å². The van der Waals surface area contributed by atoms with Crippen molar-refractivity contribution in [3.05, 3.63) is 65.2 Å². The number of carbonyl (C=O) groups excluding carboxylic acids is 2. The van der Waals surface area contributed by atoms with E-state index in [1.165, 1.54) is 18.9 Å². The molecule has 2 aromatic rings. The van der Waals surface area contributed by atoms with Crippen molar-refractivity contribution >= 4 is 18.1 Å². The monoisotopic (exact) mass is 368 g/mol. The average Bonchev–Trinajstić information content (AvgIpc) is 2.66. The molecule has 0 spiro atoms. The first-order chi connectivity index (χ1) is 12.8. The summed E-state index contributed by atoms with van der Waals surface area (Å²) in [6.07, 6.45) is 1.48. The molecule has 0 aliphatic heterocycles. The van der Waals surface area contributed by atoms with Gasteiger partial charge in [0.2, 0.25) is 0 Å². The van der Waals surface area contributed by atoms with Crippen LogP contribution in [-0.2, 0) is 14.9 Å². The van der Waals surface area contributed by atoms with E-state index in [4.69, 9.17) is 4.74 Å². The Morgan fingerprint density at radius 2 is 1.67 bits per heavy atom. The van der Waals surface area contributed by atoms with Gasteiger partial charge in [-0.3, -0.25) is 4.79 Å². The minimum Gasteiger partial charge on any atom is -0.484 e. The summed E-state index contributed by atoms with van der Waals surface area (Å²) in [5.74, 6) is -0.141. The van der Waals surface area contributed by atoms with Crippen molar-refractivity contribution < 1.29 is 19.1 Å². The molecule has 0 aromatic heterocycles. The Morgan fingerprint density at radius 1 is 1.04 bits per heavy atom. The zero-order valence-corrected chi connectivity index (χ0v) is 16.0. The van der Waals surface area contributed by atoms with Crippen LogP contribution < -0.4 is 10.2 Å². The highest BCUT2D eigenvalue weighted by molar-refractivity contribution is 5.90. The number of rotatable bonds is 6. The predicted molar refractivity (Wildman–Crippen MR) is 104 cm³/mol. The number of methoxy groups -OCH3 is 1. The smallest absolute Gasteiger partial charge is 0.337 e. The summed E-state index contributed by atoms with van der Waals surface area (Å²) in [7, 11) is 1.33. The summed E-state index contributed by atoms with van der Waals surface area (Å²) in [5, 5.41) is 3.87. The second-order valence-electron chi connectivity index (χ2n) is 6.97. The van der Waals surface area contributed by atoms with Gasteiger partial charge in [-0.2, -0.15) is 5.10 Å². The molecule has 0 bridgehead atoms. The number of benzene rings is 2. The van der Waals surface area contributed by atoms with Crippen LogP contribution in [0, 0.1) is 0 Å². The summed E-state index contributed by atoms with van der Waals surface area (Å²) in [5.41, 5.74) is 4.85. The maximum Gasteiger partial charge on any atom is 0.337 e. The molecule has 0 aliphatic carbocycles. The third-order valence-corrected chi connectivity index (χ3v) is 3.82. The molecule has 1 amide bonds. The fourth-order valence-electron chi connectivity index (χ4n) is 2.23. The van der Waals surface area contributed by atoms with E-state index >= 15 is 0 Å². The van der Waals surface area contributed by atoms with E-state index in [1.54, 1.807) is 24.3 Å². The number of nitrogens with zero attached hydrogens (tertiary/aromatic N) is 1. The zero-order chi connectivity index (χ0) is 19.9. The number of ether oxygens (including phenoxy) is 2. The second kappa shape index (κ2) is 8.98. The van der Waals surface area contributed by atoms with Crippen LogP contribution in [0.4, 0.5) is 0 Å². The summed E-state index contributed by atoms with van der Waals surface area (Å²) in [6, 6.07) is 14.3. The lowest BCUT2D eigenvalue weighted by molar-refractivity contribution is -0.123. The zero-order valence-electron chi connectivity index (χ0n) is 16.0. The molecule has 0 saturated carbocycles. The van der Waals surface area contributed by atoms with Gasteiger partial charge in [-0.15, -0.1) is 0 Å². The number of amides is 1. The Kier molecular flexibility index (Phi) is 6.71. The van der Waals surface area contributed by atoms with Crippen molar-refractivity contribution in [1.82, 2.24) is 5.43 Å². The van der Waals surface area contributed by atoms with Crippen molar-refractivity contribution in [3.63, 3.8) is 0 Å². The van der Waals surface area contributed by atoms with Crippen LogP contribution >= 0.6 is 0 Å². The van der Waals surface area contributed by atoms with Crippen molar-refractivity contribution in [3.8, 4) is 5.75 Å². The number of esters is 1. The van der Waals surface area contributed by atoms with Gasteiger partial charge < -0.3 is 9.47 Å². The average molecular weight is 368 g/mol. The molecule has 2 aromatic carbocycles.